The van der Waals surface area contributed by atoms with Crippen LogP contribution in [0.2, 0.25) is 0 Å². The summed E-state index contributed by atoms with van der Waals surface area (Å²) in [7, 11) is 0. The van der Waals surface area contributed by atoms with Crippen LogP contribution in [-0.2, 0) is 17.6 Å². The van der Waals surface area contributed by atoms with E-state index in [4.69, 9.17) is 9.47 Å². The minimum absolute atomic E-state index is 0.214. The van der Waals surface area contributed by atoms with E-state index in [0.29, 0.717) is 11.8 Å². The first-order valence-corrected chi connectivity index (χ1v) is 10.7. The van der Waals surface area contributed by atoms with Crippen molar-refractivity contribution in [2.75, 3.05) is 6.61 Å². The third kappa shape index (κ3) is 3.90. The summed E-state index contributed by atoms with van der Waals surface area (Å²) in [5.41, 5.74) is 4.97. The Hall–Kier alpha value is -2.46. The number of aromatic amines is 1. The molecule has 8 heteroatoms. The van der Waals surface area contributed by atoms with Crippen LogP contribution in [0, 0.1) is 6.92 Å². The smallest absolute Gasteiger partial charge is 0.288 e. The molecule has 1 aromatic heterocycles. The van der Waals surface area contributed by atoms with Crippen LogP contribution in [0.25, 0.3) is 10.9 Å². The Balaban J connectivity index is 1.72. The molecule has 1 aliphatic heterocycles. The lowest BCUT2D eigenvalue weighted by Crippen LogP contribution is -2.69. The summed E-state index contributed by atoms with van der Waals surface area (Å²) < 4.78 is 10.8. The summed E-state index contributed by atoms with van der Waals surface area (Å²) in [6.45, 7) is 3.40. The highest BCUT2D eigenvalue weighted by molar-refractivity contribution is 5.91. The van der Waals surface area contributed by atoms with Crippen molar-refractivity contribution in [2.24, 2.45) is 0 Å². The highest BCUT2D eigenvalue weighted by Gasteiger charge is 2.57. The minimum Gasteiger partial charge on any atom is -0.454 e. The van der Waals surface area contributed by atoms with E-state index in [1.54, 1.807) is 12.1 Å². The standard InChI is InChI=1S/C24H29NO7/c1-3-14-7-9-15(10-8-14)11-16-13(2)25-17-5-4-6-18(20(16)17)32-24(30)22(28)21(27)19(12-26)31-23(24)29/h4-10,19,21-23,25-30H,3,11-12H2,1-2H3/t19-,21-,22+,23+,24+/m1/s1. The predicted molar refractivity (Wildman–Crippen MR) is 117 cm³/mol. The molecule has 6 N–H and O–H groups in total. The van der Waals surface area contributed by atoms with Gasteiger partial charge >= 0.3 is 0 Å². The molecule has 172 valence electrons. The van der Waals surface area contributed by atoms with Gasteiger partial charge in [-0.25, -0.2) is 0 Å². The number of aliphatic hydroxyl groups excluding tert-OH is 4. The van der Waals surface area contributed by atoms with Crippen molar-refractivity contribution in [1.29, 1.82) is 0 Å². The Kier molecular flexibility index (Phi) is 6.26. The molecule has 0 bridgehead atoms. The number of rotatable bonds is 6. The fraction of sp³-hybridized carbons (Fsp3) is 0.417. The topological polar surface area (TPSA) is 135 Å². The molecule has 1 fully saturated rings. The first-order valence-electron chi connectivity index (χ1n) is 10.7. The van der Waals surface area contributed by atoms with E-state index < -0.39 is 37.0 Å². The molecule has 4 rings (SSSR count). The maximum atomic E-state index is 11.0. The number of nitrogens with one attached hydrogen (secondary N) is 1. The Morgan fingerprint density at radius 3 is 2.41 bits per heavy atom. The predicted octanol–water partition coefficient (Wildman–Crippen LogP) is 1.13. The van der Waals surface area contributed by atoms with Crippen molar-refractivity contribution >= 4 is 10.9 Å². The van der Waals surface area contributed by atoms with E-state index in [1.165, 1.54) is 5.56 Å². The van der Waals surface area contributed by atoms with E-state index in [-0.39, 0.29) is 5.75 Å². The molecule has 1 aliphatic rings. The van der Waals surface area contributed by atoms with E-state index in [2.05, 4.69) is 36.2 Å². The van der Waals surface area contributed by atoms with Crippen LogP contribution in [-0.4, -0.2) is 67.5 Å². The molecule has 8 nitrogen and oxygen atoms in total. The van der Waals surface area contributed by atoms with Gasteiger partial charge in [0.2, 0.25) is 6.29 Å². The normalized spacial score (nSPS) is 28.2. The average molecular weight is 443 g/mol. The fourth-order valence-electron chi connectivity index (χ4n) is 4.19. The van der Waals surface area contributed by atoms with Gasteiger partial charge < -0.3 is 40.0 Å². The molecule has 2 aromatic carbocycles. The molecule has 0 aliphatic carbocycles. The maximum Gasteiger partial charge on any atom is 0.288 e. The monoisotopic (exact) mass is 443 g/mol. The molecule has 0 spiro atoms. The zero-order valence-corrected chi connectivity index (χ0v) is 18.0. The Morgan fingerprint density at radius 1 is 1.06 bits per heavy atom. The Morgan fingerprint density at radius 2 is 1.75 bits per heavy atom. The number of ether oxygens (including phenoxy) is 2. The number of aromatic nitrogens is 1. The molecule has 32 heavy (non-hydrogen) atoms. The lowest BCUT2D eigenvalue weighted by atomic mass is 9.95. The fourth-order valence-corrected chi connectivity index (χ4v) is 4.19. The molecule has 0 amide bonds. The van der Waals surface area contributed by atoms with Crippen LogP contribution < -0.4 is 4.74 Å². The van der Waals surface area contributed by atoms with Gasteiger partial charge in [-0.2, -0.15) is 0 Å². The third-order valence-corrected chi connectivity index (χ3v) is 6.15. The van der Waals surface area contributed by atoms with E-state index >= 15 is 0 Å². The summed E-state index contributed by atoms with van der Waals surface area (Å²) in [5, 5.41) is 51.9. The van der Waals surface area contributed by atoms with E-state index in [0.717, 1.165) is 28.8 Å². The average Bonchev–Trinajstić information content (AvgIpc) is 3.11. The molecule has 0 saturated carbocycles. The molecule has 2 heterocycles. The SMILES string of the molecule is CCc1ccc(Cc2c(C)[nH]c3cccc(O[C@]4(O)[C@@H](O)O[C@H](CO)[C@@H](O)[C@@H]4O)c23)cc1. The maximum absolute atomic E-state index is 11.0. The van der Waals surface area contributed by atoms with Gasteiger partial charge in [0, 0.05) is 16.6 Å². The molecule has 0 radical (unpaired) electrons. The number of fused-ring (bicyclic) bond motifs is 1. The summed E-state index contributed by atoms with van der Waals surface area (Å²) in [6.07, 6.45) is -5.25. The second kappa shape index (κ2) is 8.82. The second-order valence-electron chi connectivity index (χ2n) is 8.25. The lowest BCUT2D eigenvalue weighted by Gasteiger charge is -2.45. The van der Waals surface area contributed by atoms with Crippen LogP contribution >= 0.6 is 0 Å². The number of aliphatic hydroxyl groups is 5. The third-order valence-electron chi connectivity index (χ3n) is 6.15. The van der Waals surface area contributed by atoms with Crippen LogP contribution in [0.5, 0.6) is 5.75 Å². The highest BCUT2D eigenvalue weighted by Crippen LogP contribution is 2.38. The summed E-state index contributed by atoms with van der Waals surface area (Å²) in [4.78, 5) is 3.31. The summed E-state index contributed by atoms with van der Waals surface area (Å²) in [5.74, 6) is -2.42. The molecule has 3 aromatic rings. The Bertz CT molecular complexity index is 1080. The van der Waals surface area contributed by atoms with Crippen LogP contribution in [0.4, 0.5) is 0 Å². The van der Waals surface area contributed by atoms with Crippen LogP contribution in [0.15, 0.2) is 42.5 Å². The van der Waals surface area contributed by atoms with Gasteiger partial charge in [0.1, 0.15) is 18.0 Å². The van der Waals surface area contributed by atoms with E-state index in [1.807, 2.05) is 13.0 Å². The summed E-state index contributed by atoms with van der Waals surface area (Å²) in [6, 6.07) is 13.5. The van der Waals surface area contributed by atoms with Gasteiger partial charge in [-0.1, -0.05) is 37.3 Å². The molecule has 0 unspecified atom stereocenters. The van der Waals surface area contributed by atoms with Crippen molar-refractivity contribution in [2.45, 2.75) is 57.1 Å². The van der Waals surface area contributed by atoms with Gasteiger partial charge in [0.05, 0.1) is 6.61 Å². The molecular formula is C24H29NO7. The van der Waals surface area contributed by atoms with Crippen LogP contribution in [0.1, 0.15) is 29.3 Å². The quantitative estimate of drug-likeness (QED) is 0.314. The van der Waals surface area contributed by atoms with Gasteiger partial charge in [-0.3, -0.25) is 0 Å². The molecule has 1 saturated heterocycles. The Labute approximate surface area is 185 Å². The van der Waals surface area contributed by atoms with Gasteiger partial charge in [-0.15, -0.1) is 0 Å². The number of hydrogen-bond acceptors (Lipinski definition) is 7. The first-order chi connectivity index (χ1) is 15.3. The summed E-state index contributed by atoms with van der Waals surface area (Å²) >= 11 is 0. The molecular weight excluding hydrogens is 414 g/mol. The van der Waals surface area contributed by atoms with Gasteiger partial charge in [0.25, 0.3) is 5.79 Å². The first kappa shape index (κ1) is 22.7. The lowest BCUT2D eigenvalue weighted by molar-refractivity contribution is -0.385. The zero-order valence-electron chi connectivity index (χ0n) is 18.0. The van der Waals surface area contributed by atoms with Crippen LogP contribution in [0.3, 0.4) is 0 Å². The number of H-pyrrole nitrogens is 1. The van der Waals surface area contributed by atoms with Crippen molar-refractivity contribution < 1.29 is 35.0 Å². The number of benzene rings is 2. The van der Waals surface area contributed by atoms with Crippen molar-refractivity contribution in [3.8, 4) is 5.75 Å². The van der Waals surface area contributed by atoms with Gasteiger partial charge in [-0.05, 0) is 48.6 Å². The van der Waals surface area contributed by atoms with Crippen molar-refractivity contribution in [3.63, 3.8) is 0 Å². The highest BCUT2D eigenvalue weighted by atomic mass is 16.7. The number of aryl methyl sites for hydroxylation is 2. The largest absolute Gasteiger partial charge is 0.454 e. The van der Waals surface area contributed by atoms with Gasteiger partial charge in [0.15, 0.2) is 6.10 Å². The minimum atomic E-state index is -2.63. The zero-order chi connectivity index (χ0) is 23.0. The molecule has 5 atom stereocenters. The van der Waals surface area contributed by atoms with E-state index in [9.17, 15) is 25.5 Å². The number of hydrogen-bond donors (Lipinski definition) is 6. The second-order valence-corrected chi connectivity index (χ2v) is 8.25. The van der Waals surface area contributed by atoms with Crippen molar-refractivity contribution in [1.82, 2.24) is 4.98 Å². The van der Waals surface area contributed by atoms with Crippen molar-refractivity contribution in [3.05, 3.63) is 64.8 Å².